The molecule has 1 aromatic carbocycles. The van der Waals surface area contributed by atoms with Crippen LogP contribution >= 0.6 is 0 Å². The summed E-state index contributed by atoms with van der Waals surface area (Å²) < 4.78 is 2.08. The molecule has 0 bridgehead atoms. The van der Waals surface area contributed by atoms with Crippen LogP contribution < -0.4 is 4.90 Å². The van der Waals surface area contributed by atoms with Crippen molar-refractivity contribution in [1.29, 1.82) is 0 Å². The second kappa shape index (κ2) is 5.81. The first-order chi connectivity index (χ1) is 12.0. The molecule has 0 unspecified atom stereocenters. The number of hydrogen-bond acceptors (Lipinski definition) is 5. The van der Waals surface area contributed by atoms with E-state index in [9.17, 15) is 5.11 Å². The topological polar surface area (TPSA) is 67.1 Å². The highest BCUT2D eigenvalue weighted by atomic mass is 16.3. The largest absolute Gasteiger partial charge is 0.395 e. The molecule has 0 amide bonds. The molecule has 1 N–H and O–H groups in total. The van der Waals surface area contributed by atoms with Gasteiger partial charge in [-0.1, -0.05) is 32.9 Å². The molecule has 25 heavy (non-hydrogen) atoms. The van der Waals surface area contributed by atoms with Gasteiger partial charge in [0.25, 0.3) is 0 Å². The monoisotopic (exact) mass is 337 g/mol. The lowest BCUT2D eigenvalue weighted by atomic mass is 9.95. The number of rotatable bonds is 3. The van der Waals surface area contributed by atoms with Crippen LogP contribution in [0.3, 0.4) is 0 Å². The maximum Gasteiger partial charge on any atom is 0.207 e. The van der Waals surface area contributed by atoms with Crippen LogP contribution in [0.25, 0.3) is 11.0 Å². The second-order valence-electron chi connectivity index (χ2n) is 7.55. The van der Waals surface area contributed by atoms with Crippen LogP contribution in [0.1, 0.15) is 37.9 Å². The third-order valence-corrected chi connectivity index (χ3v) is 4.57. The van der Waals surface area contributed by atoms with Crippen molar-refractivity contribution in [2.75, 3.05) is 11.5 Å². The number of imidazole rings is 1. The second-order valence-corrected chi connectivity index (χ2v) is 7.55. The Morgan fingerprint density at radius 2 is 1.92 bits per heavy atom. The van der Waals surface area contributed by atoms with Crippen LogP contribution in [0.15, 0.2) is 30.5 Å². The smallest absolute Gasteiger partial charge is 0.207 e. The molecule has 3 aromatic rings. The zero-order valence-electron chi connectivity index (χ0n) is 14.9. The molecule has 3 heterocycles. The summed E-state index contributed by atoms with van der Waals surface area (Å²) in [4.78, 5) is 16.3. The summed E-state index contributed by atoms with van der Waals surface area (Å²) in [6.45, 7) is 8.46. The first-order valence-corrected chi connectivity index (χ1v) is 8.64. The summed E-state index contributed by atoms with van der Waals surface area (Å²) in [5.74, 6) is 1.75. The van der Waals surface area contributed by atoms with E-state index in [1.54, 1.807) is 0 Å². The lowest BCUT2D eigenvalue weighted by Gasteiger charge is -2.18. The van der Waals surface area contributed by atoms with Gasteiger partial charge in [0.15, 0.2) is 0 Å². The number of benzene rings is 1. The van der Waals surface area contributed by atoms with Crippen molar-refractivity contribution < 1.29 is 5.11 Å². The molecule has 0 saturated carbocycles. The van der Waals surface area contributed by atoms with Gasteiger partial charge < -0.3 is 14.6 Å². The Balaban J connectivity index is 1.72. The molecule has 0 radical (unpaired) electrons. The lowest BCUT2D eigenvalue weighted by Crippen LogP contribution is -2.20. The van der Waals surface area contributed by atoms with Gasteiger partial charge in [-0.05, 0) is 12.1 Å². The number of aliphatic hydroxyl groups excluding tert-OH is 1. The molecular weight excluding hydrogens is 314 g/mol. The molecule has 1 aliphatic heterocycles. The van der Waals surface area contributed by atoms with E-state index in [1.807, 2.05) is 30.5 Å². The standard InChI is InChI=1S/C19H23N5O/c1-19(2,3)17-20-10-13-11-23(12-15(13)21-17)18-22-14-6-4-5-7-16(14)24(18)8-9-25/h4-7,10,25H,8-9,11-12H2,1-3H3. The van der Waals surface area contributed by atoms with Crippen molar-refractivity contribution in [2.24, 2.45) is 0 Å². The summed E-state index contributed by atoms with van der Waals surface area (Å²) in [5, 5.41) is 9.47. The highest BCUT2D eigenvalue weighted by molar-refractivity contribution is 5.79. The van der Waals surface area contributed by atoms with Gasteiger partial charge in [0, 0.05) is 30.3 Å². The van der Waals surface area contributed by atoms with E-state index in [2.05, 4.69) is 35.2 Å². The van der Waals surface area contributed by atoms with Gasteiger partial charge in [-0.25, -0.2) is 15.0 Å². The predicted molar refractivity (Wildman–Crippen MR) is 97.4 cm³/mol. The normalized spacial score (nSPS) is 14.3. The minimum Gasteiger partial charge on any atom is -0.395 e. The minimum absolute atomic E-state index is 0.0630. The van der Waals surface area contributed by atoms with Crippen molar-refractivity contribution in [3.8, 4) is 0 Å². The fraction of sp³-hybridized carbons (Fsp3) is 0.421. The number of nitrogens with zero attached hydrogens (tertiary/aromatic N) is 5. The molecule has 6 nitrogen and oxygen atoms in total. The van der Waals surface area contributed by atoms with Gasteiger partial charge in [0.05, 0.1) is 29.9 Å². The molecule has 0 aliphatic carbocycles. The highest BCUT2D eigenvalue weighted by Crippen LogP contribution is 2.30. The van der Waals surface area contributed by atoms with Gasteiger partial charge in [-0.2, -0.15) is 0 Å². The Bertz CT molecular complexity index is 925. The fourth-order valence-corrected chi connectivity index (χ4v) is 3.28. The summed E-state index contributed by atoms with van der Waals surface area (Å²) in [7, 11) is 0. The fourth-order valence-electron chi connectivity index (χ4n) is 3.28. The zero-order valence-corrected chi connectivity index (χ0v) is 14.9. The average molecular weight is 337 g/mol. The predicted octanol–water partition coefficient (Wildman–Crippen LogP) is 2.64. The average Bonchev–Trinajstić information content (AvgIpc) is 3.15. The van der Waals surface area contributed by atoms with E-state index in [1.165, 1.54) is 0 Å². The van der Waals surface area contributed by atoms with E-state index in [0.717, 1.165) is 47.2 Å². The number of hydrogen-bond donors (Lipinski definition) is 1. The molecule has 0 atom stereocenters. The van der Waals surface area contributed by atoms with Crippen molar-refractivity contribution in [3.05, 3.63) is 47.5 Å². The van der Waals surface area contributed by atoms with Crippen LogP contribution in [0, 0.1) is 0 Å². The maximum atomic E-state index is 9.47. The van der Waals surface area contributed by atoms with Crippen molar-refractivity contribution >= 4 is 17.0 Å². The molecule has 0 spiro atoms. The van der Waals surface area contributed by atoms with Crippen LogP contribution in [0.5, 0.6) is 0 Å². The first-order valence-electron chi connectivity index (χ1n) is 8.64. The minimum atomic E-state index is -0.0630. The quantitative estimate of drug-likeness (QED) is 0.796. The first kappa shape index (κ1) is 16.0. The Morgan fingerprint density at radius 3 is 2.68 bits per heavy atom. The Morgan fingerprint density at radius 1 is 1.12 bits per heavy atom. The third-order valence-electron chi connectivity index (χ3n) is 4.57. The molecule has 130 valence electrons. The number of fused-ring (bicyclic) bond motifs is 2. The van der Waals surface area contributed by atoms with E-state index in [0.29, 0.717) is 6.54 Å². The summed E-state index contributed by atoms with van der Waals surface area (Å²) in [6, 6.07) is 8.04. The summed E-state index contributed by atoms with van der Waals surface area (Å²) >= 11 is 0. The number of aliphatic hydroxyl groups is 1. The van der Waals surface area contributed by atoms with Crippen molar-refractivity contribution in [1.82, 2.24) is 19.5 Å². The van der Waals surface area contributed by atoms with Crippen LogP contribution in [0.4, 0.5) is 5.95 Å². The van der Waals surface area contributed by atoms with Gasteiger partial charge in [-0.3, -0.25) is 0 Å². The Hall–Kier alpha value is -2.47. The van der Waals surface area contributed by atoms with Gasteiger partial charge in [0.1, 0.15) is 5.82 Å². The van der Waals surface area contributed by atoms with E-state index >= 15 is 0 Å². The van der Waals surface area contributed by atoms with E-state index in [4.69, 9.17) is 9.97 Å². The van der Waals surface area contributed by atoms with Crippen LogP contribution in [-0.4, -0.2) is 31.2 Å². The van der Waals surface area contributed by atoms with Gasteiger partial charge in [0.2, 0.25) is 5.95 Å². The molecule has 0 saturated heterocycles. The number of aromatic nitrogens is 4. The number of anilines is 1. The van der Waals surface area contributed by atoms with E-state index < -0.39 is 0 Å². The van der Waals surface area contributed by atoms with Gasteiger partial charge >= 0.3 is 0 Å². The highest BCUT2D eigenvalue weighted by Gasteiger charge is 2.27. The molecular formula is C19H23N5O. The maximum absolute atomic E-state index is 9.47. The van der Waals surface area contributed by atoms with Crippen molar-refractivity contribution in [3.63, 3.8) is 0 Å². The van der Waals surface area contributed by atoms with E-state index in [-0.39, 0.29) is 12.0 Å². The van der Waals surface area contributed by atoms with Crippen LogP contribution in [0.2, 0.25) is 0 Å². The Labute approximate surface area is 147 Å². The Kier molecular flexibility index (Phi) is 3.72. The summed E-state index contributed by atoms with van der Waals surface area (Å²) in [5.41, 5.74) is 4.15. The summed E-state index contributed by atoms with van der Waals surface area (Å²) in [6.07, 6.45) is 1.95. The molecule has 0 fully saturated rings. The van der Waals surface area contributed by atoms with Crippen LogP contribution in [-0.2, 0) is 25.0 Å². The third kappa shape index (κ3) is 2.76. The molecule has 1 aliphatic rings. The zero-order chi connectivity index (χ0) is 17.6. The molecule has 4 rings (SSSR count). The molecule has 2 aromatic heterocycles. The number of para-hydroxylation sites is 2. The molecule has 6 heteroatoms. The van der Waals surface area contributed by atoms with Gasteiger partial charge in [-0.15, -0.1) is 0 Å². The lowest BCUT2D eigenvalue weighted by molar-refractivity contribution is 0.278. The SMILES string of the molecule is CC(C)(C)c1ncc2c(n1)CN(c1nc3ccccc3n1CCO)C2. The van der Waals surface area contributed by atoms with Crippen molar-refractivity contribution in [2.45, 2.75) is 45.8 Å².